The van der Waals surface area contributed by atoms with Gasteiger partial charge < -0.3 is 20.0 Å². The molecule has 4 rings (SSSR count). The SMILES string of the molecule is CC(=O)CN1C(=O)[C@@H](NC(=O)c2cccc3ccccc23)CN(C(=O)CN(C)C)c2ccccc21. The molecule has 180 valence electrons. The molecule has 0 saturated carbocycles. The van der Waals surface area contributed by atoms with E-state index in [-0.39, 0.29) is 31.3 Å². The van der Waals surface area contributed by atoms with Gasteiger partial charge in [0.1, 0.15) is 11.8 Å². The molecule has 1 aliphatic rings. The average Bonchev–Trinajstić information content (AvgIpc) is 2.93. The van der Waals surface area contributed by atoms with Crippen molar-refractivity contribution in [3.8, 4) is 0 Å². The minimum absolute atomic E-state index is 0.0482. The Morgan fingerprint density at radius 1 is 0.943 bits per heavy atom. The number of benzene rings is 3. The van der Waals surface area contributed by atoms with E-state index in [2.05, 4.69) is 5.32 Å². The number of carbonyl (C=O) groups is 4. The molecule has 0 fully saturated rings. The largest absolute Gasteiger partial charge is 0.339 e. The van der Waals surface area contributed by atoms with Crippen LogP contribution in [-0.2, 0) is 14.4 Å². The summed E-state index contributed by atoms with van der Waals surface area (Å²) in [5.41, 5.74) is 1.42. The fraction of sp³-hybridized carbons (Fsp3) is 0.259. The Bertz CT molecular complexity index is 1300. The lowest BCUT2D eigenvalue weighted by Crippen LogP contribution is -2.54. The zero-order valence-electron chi connectivity index (χ0n) is 20.0. The van der Waals surface area contributed by atoms with Gasteiger partial charge in [-0.15, -0.1) is 0 Å². The van der Waals surface area contributed by atoms with Crippen LogP contribution in [0.5, 0.6) is 0 Å². The Labute approximate surface area is 204 Å². The topological polar surface area (TPSA) is 90.0 Å². The summed E-state index contributed by atoms with van der Waals surface area (Å²) in [6.45, 7) is 1.32. The number of amides is 3. The quantitative estimate of drug-likeness (QED) is 0.595. The molecule has 0 aliphatic carbocycles. The highest BCUT2D eigenvalue weighted by Gasteiger charge is 2.37. The van der Waals surface area contributed by atoms with E-state index in [0.29, 0.717) is 16.9 Å². The number of para-hydroxylation sites is 2. The van der Waals surface area contributed by atoms with E-state index in [9.17, 15) is 19.2 Å². The number of nitrogens with zero attached hydrogens (tertiary/aromatic N) is 3. The van der Waals surface area contributed by atoms with Gasteiger partial charge in [0.25, 0.3) is 11.8 Å². The molecule has 1 atom stereocenters. The molecule has 0 unspecified atom stereocenters. The Hall–Kier alpha value is -4.04. The number of hydrogen-bond donors (Lipinski definition) is 1. The van der Waals surface area contributed by atoms with Gasteiger partial charge in [0.2, 0.25) is 5.91 Å². The van der Waals surface area contributed by atoms with Crippen molar-refractivity contribution in [2.75, 3.05) is 43.5 Å². The van der Waals surface area contributed by atoms with Gasteiger partial charge in [-0.2, -0.15) is 0 Å². The number of nitrogens with one attached hydrogen (secondary N) is 1. The molecule has 8 heteroatoms. The first kappa shape index (κ1) is 24.1. The van der Waals surface area contributed by atoms with Gasteiger partial charge in [0.05, 0.1) is 31.0 Å². The number of likely N-dealkylation sites (N-methyl/N-ethyl adjacent to an activating group) is 1. The molecule has 3 amide bonds. The van der Waals surface area contributed by atoms with Crippen LogP contribution in [0.3, 0.4) is 0 Å². The second kappa shape index (κ2) is 10.1. The van der Waals surface area contributed by atoms with Crippen LogP contribution < -0.4 is 15.1 Å². The van der Waals surface area contributed by atoms with Gasteiger partial charge in [-0.1, -0.05) is 48.5 Å². The molecule has 0 radical (unpaired) electrons. The van der Waals surface area contributed by atoms with Crippen molar-refractivity contribution in [1.82, 2.24) is 10.2 Å². The highest BCUT2D eigenvalue weighted by Crippen LogP contribution is 2.33. The second-order valence-corrected chi connectivity index (χ2v) is 8.91. The van der Waals surface area contributed by atoms with Crippen LogP contribution in [0.15, 0.2) is 66.7 Å². The van der Waals surface area contributed by atoms with Crippen molar-refractivity contribution in [1.29, 1.82) is 0 Å². The highest BCUT2D eigenvalue weighted by molar-refractivity contribution is 6.13. The van der Waals surface area contributed by atoms with Crippen molar-refractivity contribution in [2.45, 2.75) is 13.0 Å². The summed E-state index contributed by atoms with van der Waals surface area (Å²) in [6, 6.07) is 18.9. The zero-order chi connectivity index (χ0) is 25.1. The summed E-state index contributed by atoms with van der Waals surface area (Å²) < 4.78 is 0. The minimum atomic E-state index is -1.04. The van der Waals surface area contributed by atoms with Crippen LogP contribution in [0.25, 0.3) is 10.8 Å². The van der Waals surface area contributed by atoms with Crippen LogP contribution in [0.1, 0.15) is 17.3 Å². The molecule has 0 saturated heterocycles. The first-order valence-corrected chi connectivity index (χ1v) is 11.4. The normalized spacial score (nSPS) is 15.7. The standard InChI is InChI=1S/C27H28N4O4/c1-18(32)15-31-24-14-7-6-13-23(24)30(25(33)17-29(2)3)16-22(27(31)35)28-26(34)21-12-8-10-19-9-4-5-11-20(19)21/h4-14,22H,15-17H2,1-3H3,(H,28,34)/t22-/m0/s1. The molecule has 0 bridgehead atoms. The lowest BCUT2D eigenvalue weighted by Gasteiger charge is -2.26. The zero-order valence-corrected chi connectivity index (χ0v) is 20.0. The van der Waals surface area contributed by atoms with Crippen LogP contribution in [-0.4, -0.2) is 68.2 Å². The molecule has 0 aromatic heterocycles. The summed E-state index contributed by atoms with van der Waals surface area (Å²) >= 11 is 0. The summed E-state index contributed by atoms with van der Waals surface area (Å²) in [5, 5.41) is 4.51. The van der Waals surface area contributed by atoms with Crippen LogP contribution in [0.2, 0.25) is 0 Å². The fourth-order valence-electron chi connectivity index (χ4n) is 4.33. The fourth-order valence-corrected chi connectivity index (χ4v) is 4.33. The molecular weight excluding hydrogens is 444 g/mol. The van der Waals surface area contributed by atoms with E-state index in [0.717, 1.165) is 10.8 Å². The van der Waals surface area contributed by atoms with Crippen molar-refractivity contribution in [2.24, 2.45) is 0 Å². The maximum Gasteiger partial charge on any atom is 0.252 e. The molecule has 1 heterocycles. The Morgan fingerprint density at radius 2 is 1.60 bits per heavy atom. The number of anilines is 2. The Balaban J connectivity index is 1.74. The highest BCUT2D eigenvalue weighted by atomic mass is 16.2. The first-order chi connectivity index (χ1) is 16.8. The molecule has 1 N–H and O–H groups in total. The molecule has 3 aromatic rings. The van der Waals surface area contributed by atoms with Crippen LogP contribution in [0.4, 0.5) is 11.4 Å². The summed E-state index contributed by atoms with van der Waals surface area (Å²) in [7, 11) is 3.57. The average molecular weight is 473 g/mol. The number of ketones is 1. The lowest BCUT2D eigenvalue weighted by molar-refractivity contribution is -0.123. The Kier molecular flexibility index (Phi) is 6.93. The third-order valence-corrected chi connectivity index (χ3v) is 5.87. The van der Waals surface area contributed by atoms with Gasteiger partial charge in [-0.25, -0.2) is 0 Å². The predicted octanol–water partition coefficient (Wildman–Crippen LogP) is 2.47. The second-order valence-electron chi connectivity index (χ2n) is 8.91. The van der Waals surface area contributed by atoms with E-state index in [1.807, 2.05) is 30.3 Å². The van der Waals surface area contributed by atoms with Crippen molar-refractivity contribution in [3.05, 3.63) is 72.3 Å². The van der Waals surface area contributed by atoms with Gasteiger partial charge in [-0.05, 0) is 50.0 Å². The van der Waals surface area contributed by atoms with Gasteiger partial charge in [0, 0.05) is 5.56 Å². The number of carbonyl (C=O) groups excluding carboxylic acids is 4. The van der Waals surface area contributed by atoms with Crippen molar-refractivity contribution < 1.29 is 19.2 Å². The monoisotopic (exact) mass is 472 g/mol. The van der Waals surface area contributed by atoms with Crippen LogP contribution >= 0.6 is 0 Å². The first-order valence-electron chi connectivity index (χ1n) is 11.4. The van der Waals surface area contributed by atoms with Gasteiger partial charge in [-0.3, -0.25) is 19.2 Å². The predicted molar refractivity (Wildman–Crippen MR) is 136 cm³/mol. The van der Waals surface area contributed by atoms with Gasteiger partial charge >= 0.3 is 0 Å². The molecule has 1 aliphatic heterocycles. The molecule has 3 aromatic carbocycles. The van der Waals surface area contributed by atoms with Crippen molar-refractivity contribution >= 4 is 45.7 Å². The number of hydrogen-bond acceptors (Lipinski definition) is 5. The third-order valence-electron chi connectivity index (χ3n) is 5.87. The summed E-state index contributed by atoms with van der Waals surface area (Å²) in [6.07, 6.45) is 0. The molecule has 8 nitrogen and oxygen atoms in total. The Morgan fingerprint density at radius 3 is 2.31 bits per heavy atom. The van der Waals surface area contributed by atoms with E-state index in [4.69, 9.17) is 0 Å². The molecular formula is C27H28N4O4. The maximum absolute atomic E-state index is 13.7. The van der Waals surface area contributed by atoms with E-state index >= 15 is 0 Å². The maximum atomic E-state index is 13.7. The summed E-state index contributed by atoms with van der Waals surface area (Å²) in [5.74, 6) is -1.29. The smallest absolute Gasteiger partial charge is 0.252 e. The van der Waals surface area contributed by atoms with E-state index in [1.54, 1.807) is 55.4 Å². The van der Waals surface area contributed by atoms with E-state index in [1.165, 1.54) is 16.7 Å². The number of rotatable bonds is 6. The number of fused-ring (bicyclic) bond motifs is 2. The van der Waals surface area contributed by atoms with Gasteiger partial charge in [0.15, 0.2) is 0 Å². The van der Waals surface area contributed by atoms with E-state index < -0.39 is 17.9 Å². The molecule has 0 spiro atoms. The minimum Gasteiger partial charge on any atom is -0.339 e. The van der Waals surface area contributed by atoms with Crippen molar-refractivity contribution in [3.63, 3.8) is 0 Å². The number of Topliss-reactive ketones (excluding diaryl/α,β-unsaturated/α-hetero) is 1. The third kappa shape index (κ3) is 5.07. The summed E-state index contributed by atoms with van der Waals surface area (Å²) in [4.78, 5) is 57.0. The lowest BCUT2D eigenvalue weighted by atomic mass is 10.0. The molecule has 35 heavy (non-hydrogen) atoms. The van der Waals surface area contributed by atoms with Crippen LogP contribution in [0, 0.1) is 0 Å².